The summed E-state index contributed by atoms with van der Waals surface area (Å²) in [7, 11) is 0. The molecule has 6 heterocycles. The van der Waals surface area contributed by atoms with Gasteiger partial charge in [-0.05, 0) is 50.3 Å². The normalized spacial score (nSPS) is 25.2. The highest BCUT2D eigenvalue weighted by atomic mass is 35.5. The van der Waals surface area contributed by atoms with Crippen LogP contribution in [0.2, 0.25) is 5.02 Å². The van der Waals surface area contributed by atoms with Crippen molar-refractivity contribution in [3.8, 4) is 35.0 Å². The fraction of sp³-hybridized carbons (Fsp3) is 0.455. The smallest absolute Gasteiger partial charge is 0.319 e. The minimum atomic E-state index is -0.873. The van der Waals surface area contributed by atoms with Crippen molar-refractivity contribution in [2.75, 3.05) is 43.5 Å². The van der Waals surface area contributed by atoms with Crippen LogP contribution in [0.4, 0.5) is 24.0 Å². The number of hydrogen-bond acceptors (Lipinski definition) is 10. The Balaban J connectivity index is 1.29. The summed E-state index contributed by atoms with van der Waals surface area (Å²) in [6.07, 6.45) is 3.15. The molecule has 3 saturated heterocycles. The molecule has 0 spiro atoms. The number of nitriles is 2. The van der Waals surface area contributed by atoms with E-state index in [-0.39, 0.29) is 90.2 Å². The molecule has 0 aliphatic carbocycles. The standard InChI is InChI=1S/C33H29ClF3N7O2S/c34-25-23(19-2-3-21(36)29-22(19)20(13-39)30(40)47-29)26(37)27-24-28(25)46-15-18-10-16(12-38)4-8-44(18)31(24)42-32(41-27)45-9-6-33-5-1-7-43(33)14-17(35)11-33/h2-3,16-18H,1,4-11,14-15,40H2/t16?,17-,18?,33-/m1/s1. The second-order valence-electron chi connectivity index (χ2n) is 12.8. The fourth-order valence-electron chi connectivity index (χ4n) is 8.12. The summed E-state index contributed by atoms with van der Waals surface area (Å²) in [5, 5.41) is 20.0. The van der Waals surface area contributed by atoms with Gasteiger partial charge in [-0.2, -0.15) is 20.5 Å². The number of benzene rings is 2. The number of ether oxygens (including phenoxy) is 2. The van der Waals surface area contributed by atoms with Crippen LogP contribution in [0, 0.1) is 40.2 Å². The largest absolute Gasteiger partial charge is 0.489 e. The third-order valence-electron chi connectivity index (χ3n) is 10.3. The average Bonchev–Trinajstić information content (AvgIpc) is 3.66. The quantitative estimate of drug-likeness (QED) is 0.244. The monoisotopic (exact) mass is 679 g/mol. The van der Waals surface area contributed by atoms with Crippen molar-refractivity contribution in [3.05, 3.63) is 34.4 Å². The fourth-order valence-corrected chi connectivity index (χ4v) is 9.40. The number of nitrogens with two attached hydrogens (primary N) is 1. The molecule has 0 radical (unpaired) electrons. The van der Waals surface area contributed by atoms with Crippen LogP contribution in [-0.4, -0.2) is 65.5 Å². The SMILES string of the molecule is N#Cc1c(N)sc2c(F)ccc(-c3c(Cl)c4c5c(nc(OCC[C@@]67CCCN6C[C@H](F)C7)nc5c3F)N3CCC(C#N)CC3CO4)c12. The Morgan fingerprint density at radius 2 is 2.06 bits per heavy atom. The lowest BCUT2D eigenvalue weighted by Crippen LogP contribution is -2.45. The molecule has 8 rings (SSSR count). The van der Waals surface area contributed by atoms with Gasteiger partial charge in [0.25, 0.3) is 0 Å². The third-order valence-corrected chi connectivity index (χ3v) is 11.7. The lowest BCUT2D eigenvalue weighted by Gasteiger charge is -2.37. The van der Waals surface area contributed by atoms with Gasteiger partial charge >= 0.3 is 6.01 Å². The summed E-state index contributed by atoms with van der Waals surface area (Å²) in [6, 6.07) is 6.64. The molecule has 4 atom stereocenters. The van der Waals surface area contributed by atoms with Crippen LogP contribution in [0.1, 0.15) is 44.1 Å². The van der Waals surface area contributed by atoms with E-state index in [0.717, 1.165) is 30.7 Å². The summed E-state index contributed by atoms with van der Waals surface area (Å²) in [5.74, 6) is -1.05. The molecule has 47 heavy (non-hydrogen) atoms. The van der Waals surface area contributed by atoms with Crippen LogP contribution in [-0.2, 0) is 0 Å². The van der Waals surface area contributed by atoms with Crippen LogP contribution < -0.4 is 20.1 Å². The number of piperidine rings is 1. The van der Waals surface area contributed by atoms with Gasteiger partial charge < -0.3 is 20.1 Å². The lowest BCUT2D eigenvalue weighted by atomic mass is 9.90. The van der Waals surface area contributed by atoms with Crippen LogP contribution in [0.25, 0.3) is 32.1 Å². The van der Waals surface area contributed by atoms with Crippen molar-refractivity contribution >= 4 is 54.7 Å². The van der Waals surface area contributed by atoms with E-state index < -0.39 is 17.8 Å². The Labute approximate surface area is 277 Å². The molecule has 14 heteroatoms. The first-order valence-electron chi connectivity index (χ1n) is 15.7. The zero-order chi connectivity index (χ0) is 32.6. The molecular formula is C33H29ClF3N7O2S. The van der Waals surface area contributed by atoms with Gasteiger partial charge in [-0.3, -0.25) is 4.90 Å². The Kier molecular flexibility index (Phi) is 7.28. The summed E-state index contributed by atoms with van der Waals surface area (Å²) >= 11 is 7.90. The highest BCUT2D eigenvalue weighted by molar-refractivity contribution is 7.23. The topological polar surface area (TPSA) is 124 Å². The van der Waals surface area contributed by atoms with Gasteiger partial charge in [0.05, 0.1) is 45.3 Å². The third kappa shape index (κ3) is 4.66. The molecule has 0 saturated carbocycles. The first-order chi connectivity index (χ1) is 22.7. The summed E-state index contributed by atoms with van der Waals surface area (Å²) < 4.78 is 58.9. The molecule has 0 bridgehead atoms. The maximum absolute atomic E-state index is 17.0. The molecule has 4 aromatic rings. The van der Waals surface area contributed by atoms with Crippen molar-refractivity contribution in [3.63, 3.8) is 0 Å². The maximum Gasteiger partial charge on any atom is 0.319 e. The maximum atomic E-state index is 17.0. The summed E-state index contributed by atoms with van der Waals surface area (Å²) in [6.45, 7) is 2.12. The van der Waals surface area contributed by atoms with Gasteiger partial charge in [-0.25, -0.2) is 13.2 Å². The van der Waals surface area contributed by atoms with Crippen LogP contribution in [0.15, 0.2) is 12.1 Å². The number of nitrogens with zero attached hydrogens (tertiary/aromatic N) is 6. The van der Waals surface area contributed by atoms with Gasteiger partial charge in [0, 0.05) is 36.0 Å². The molecule has 2 N–H and O–H groups in total. The number of alkyl halides is 1. The number of fused-ring (bicyclic) bond motifs is 4. The second kappa shape index (κ2) is 11.3. The van der Waals surface area contributed by atoms with Crippen molar-refractivity contribution < 1.29 is 22.6 Å². The first-order valence-corrected chi connectivity index (χ1v) is 16.9. The minimum Gasteiger partial charge on any atom is -0.489 e. The lowest BCUT2D eigenvalue weighted by molar-refractivity contribution is 0.146. The second-order valence-corrected chi connectivity index (χ2v) is 14.3. The number of hydrogen-bond donors (Lipinski definition) is 1. The highest BCUT2D eigenvalue weighted by Gasteiger charge is 2.48. The van der Waals surface area contributed by atoms with Crippen molar-refractivity contribution in [2.24, 2.45) is 5.92 Å². The Hall–Kier alpha value is -4.04. The van der Waals surface area contributed by atoms with E-state index in [1.807, 2.05) is 11.0 Å². The Bertz CT molecular complexity index is 2050. The van der Waals surface area contributed by atoms with Crippen molar-refractivity contribution in [2.45, 2.75) is 56.3 Å². The van der Waals surface area contributed by atoms with E-state index in [1.165, 1.54) is 12.1 Å². The van der Waals surface area contributed by atoms with E-state index in [0.29, 0.717) is 44.6 Å². The van der Waals surface area contributed by atoms with Gasteiger partial charge in [0.2, 0.25) is 0 Å². The molecule has 4 aliphatic rings. The molecule has 242 valence electrons. The molecule has 9 nitrogen and oxygen atoms in total. The zero-order valence-corrected chi connectivity index (χ0v) is 26.7. The van der Waals surface area contributed by atoms with E-state index >= 15 is 4.39 Å². The van der Waals surface area contributed by atoms with Crippen molar-refractivity contribution in [1.29, 1.82) is 10.5 Å². The summed E-state index contributed by atoms with van der Waals surface area (Å²) in [5.41, 5.74) is 5.79. The Morgan fingerprint density at radius 1 is 1.21 bits per heavy atom. The molecule has 4 aliphatic heterocycles. The van der Waals surface area contributed by atoms with Gasteiger partial charge in [-0.15, -0.1) is 11.3 Å². The van der Waals surface area contributed by atoms with Crippen LogP contribution in [0.3, 0.4) is 0 Å². The predicted molar refractivity (Wildman–Crippen MR) is 173 cm³/mol. The first kappa shape index (κ1) is 30.3. The van der Waals surface area contributed by atoms with E-state index in [4.69, 9.17) is 31.8 Å². The summed E-state index contributed by atoms with van der Waals surface area (Å²) in [4.78, 5) is 13.5. The predicted octanol–water partition coefficient (Wildman–Crippen LogP) is 6.74. The molecule has 2 aromatic carbocycles. The van der Waals surface area contributed by atoms with Gasteiger partial charge in [0.15, 0.2) is 11.6 Å². The number of anilines is 2. The van der Waals surface area contributed by atoms with Crippen LogP contribution >= 0.6 is 22.9 Å². The van der Waals surface area contributed by atoms with Crippen LogP contribution in [0.5, 0.6) is 11.8 Å². The van der Waals surface area contributed by atoms with Gasteiger partial charge in [-0.1, -0.05) is 17.7 Å². The zero-order valence-electron chi connectivity index (χ0n) is 25.2. The van der Waals surface area contributed by atoms with Gasteiger partial charge in [0.1, 0.15) is 41.0 Å². The van der Waals surface area contributed by atoms with E-state index in [9.17, 15) is 19.3 Å². The number of nitrogen functional groups attached to an aromatic ring is 1. The van der Waals surface area contributed by atoms with E-state index in [2.05, 4.69) is 16.0 Å². The number of thiophene rings is 1. The van der Waals surface area contributed by atoms with E-state index in [1.54, 1.807) is 0 Å². The molecule has 3 fully saturated rings. The number of aromatic nitrogens is 2. The molecule has 2 aromatic heterocycles. The average molecular weight is 680 g/mol. The number of rotatable bonds is 5. The molecule has 0 amide bonds. The number of halogens is 4. The molecular weight excluding hydrogens is 651 g/mol. The minimum absolute atomic E-state index is 0.0247. The highest BCUT2D eigenvalue weighted by Crippen LogP contribution is 2.51. The molecule has 2 unspecified atom stereocenters. The van der Waals surface area contributed by atoms with Crippen molar-refractivity contribution in [1.82, 2.24) is 14.9 Å². The Morgan fingerprint density at radius 3 is 2.87 bits per heavy atom.